The van der Waals surface area contributed by atoms with Gasteiger partial charge in [-0.3, -0.25) is 0 Å². The molecule has 0 bridgehead atoms. The molecular weight excluding hydrogens is 258 g/mol. The number of benzene rings is 1. The minimum Gasteiger partial charge on any atom is -0.497 e. The Hall–Kier alpha value is -1.39. The van der Waals surface area contributed by atoms with Gasteiger partial charge < -0.3 is 9.84 Å². The fourth-order valence-electron chi connectivity index (χ4n) is 1.92. The Kier molecular flexibility index (Phi) is 3.92. The van der Waals surface area contributed by atoms with Gasteiger partial charge in [0.05, 0.1) is 24.3 Å². The summed E-state index contributed by atoms with van der Waals surface area (Å²) < 4.78 is 5.23. The van der Waals surface area contributed by atoms with Gasteiger partial charge in [-0.1, -0.05) is 32.9 Å². The summed E-state index contributed by atoms with van der Waals surface area (Å²) in [5.41, 5.74) is 1.93. The van der Waals surface area contributed by atoms with Crippen LogP contribution in [0.15, 0.2) is 24.3 Å². The number of hydrogen-bond acceptors (Lipinski definition) is 4. The standard InChI is InChI=1S/C15H19NO2S/c1-15(2,3)13-12(9-17)19-14(16-13)10-6-5-7-11(8-10)18-4/h5-8,17H,9H2,1-4H3. The molecule has 102 valence electrons. The molecule has 3 nitrogen and oxygen atoms in total. The molecule has 4 heteroatoms. The average molecular weight is 277 g/mol. The van der Waals surface area contributed by atoms with Gasteiger partial charge in [0, 0.05) is 11.0 Å². The van der Waals surface area contributed by atoms with Crippen molar-refractivity contribution in [3.63, 3.8) is 0 Å². The predicted molar refractivity (Wildman–Crippen MR) is 78.7 cm³/mol. The summed E-state index contributed by atoms with van der Waals surface area (Å²) in [4.78, 5) is 5.64. The largest absolute Gasteiger partial charge is 0.497 e. The maximum Gasteiger partial charge on any atom is 0.124 e. The van der Waals surface area contributed by atoms with Crippen LogP contribution in [0.2, 0.25) is 0 Å². The first-order valence-electron chi connectivity index (χ1n) is 6.21. The number of ether oxygens (including phenoxy) is 1. The van der Waals surface area contributed by atoms with Crippen molar-refractivity contribution in [2.24, 2.45) is 0 Å². The first-order chi connectivity index (χ1) is 8.95. The fraction of sp³-hybridized carbons (Fsp3) is 0.400. The number of aromatic nitrogens is 1. The normalized spacial score (nSPS) is 11.6. The van der Waals surface area contributed by atoms with E-state index < -0.39 is 0 Å². The van der Waals surface area contributed by atoms with E-state index in [2.05, 4.69) is 20.8 Å². The highest BCUT2D eigenvalue weighted by molar-refractivity contribution is 7.15. The lowest BCUT2D eigenvalue weighted by Crippen LogP contribution is -2.14. The third kappa shape index (κ3) is 2.96. The Labute approximate surface area is 117 Å². The van der Waals surface area contributed by atoms with Crippen molar-refractivity contribution in [1.29, 1.82) is 0 Å². The molecule has 0 amide bonds. The second-order valence-electron chi connectivity index (χ2n) is 5.43. The van der Waals surface area contributed by atoms with Crippen LogP contribution in [-0.4, -0.2) is 17.2 Å². The number of rotatable bonds is 3. The zero-order valence-electron chi connectivity index (χ0n) is 11.7. The maximum absolute atomic E-state index is 9.49. The predicted octanol–water partition coefficient (Wildman–Crippen LogP) is 3.61. The molecule has 2 rings (SSSR count). The second kappa shape index (κ2) is 5.31. The molecule has 19 heavy (non-hydrogen) atoms. The van der Waals surface area contributed by atoms with E-state index in [9.17, 15) is 5.11 Å². The molecule has 0 radical (unpaired) electrons. The Morgan fingerprint density at radius 1 is 1.32 bits per heavy atom. The first kappa shape index (κ1) is 14.0. The third-order valence-corrected chi connectivity index (χ3v) is 3.96. The van der Waals surface area contributed by atoms with E-state index >= 15 is 0 Å². The molecule has 0 aliphatic rings. The van der Waals surface area contributed by atoms with Crippen molar-refractivity contribution < 1.29 is 9.84 Å². The summed E-state index contributed by atoms with van der Waals surface area (Å²) in [6.07, 6.45) is 0. The molecule has 0 unspecified atom stereocenters. The lowest BCUT2D eigenvalue weighted by Gasteiger charge is -2.16. The molecule has 0 fully saturated rings. The molecule has 1 aromatic carbocycles. The van der Waals surface area contributed by atoms with Gasteiger partial charge in [0.25, 0.3) is 0 Å². The van der Waals surface area contributed by atoms with E-state index in [0.29, 0.717) is 0 Å². The lowest BCUT2D eigenvalue weighted by molar-refractivity contribution is 0.282. The van der Waals surface area contributed by atoms with Gasteiger partial charge >= 0.3 is 0 Å². The van der Waals surface area contributed by atoms with E-state index in [1.165, 1.54) is 0 Å². The van der Waals surface area contributed by atoms with Crippen LogP contribution in [0.4, 0.5) is 0 Å². The second-order valence-corrected chi connectivity index (χ2v) is 6.51. The van der Waals surface area contributed by atoms with Crippen LogP contribution in [0, 0.1) is 0 Å². The molecule has 1 N–H and O–H groups in total. The number of methoxy groups -OCH3 is 1. The van der Waals surface area contributed by atoms with Crippen molar-refractivity contribution in [3.05, 3.63) is 34.8 Å². The SMILES string of the molecule is COc1cccc(-c2nc(C(C)(C)C)c(CO)s2)c1. The van der Waals surface area contributed by atoms with Gasteiger partial charge in [-0.05, 0) is 12.1 Å². The zero-order valence-corrected chi connectivity index (χ0v) is 12.5. The van der Waals surface area contributed by atoms with Gasteiger partial charge in [-0.2, -0.15) is 0 Å². The van der Waals surface area contributed by atoms with Gasteiger partial charge in [0.1, 0.15) is 10.8 Å². The Balaban J connectivity index is 2.48. The quantitative estimate of drug-likeness (QED) is 0.932. The van der Waals surface area contributed by atoms with Crippen LogP contribution in [0.1, 0.15) is 31.3 Å². The van der Waals surface area contributed by atoms with Gasteiger partial charge in [0.15, 0.2) is 0 Å². The summed E-state index contributed by atoms with van der Waals surface area (Å²) in [6.45, 7) is 6.36. The van der Waals surface area contributed by atoms with Crippen LogP contribution in [-0.2, 0) is 12.0 Å². The molecule has 0 saturated carbocycles. The lowest BCUT2D eigenvalue weighted by atomic mass is 9.91. The van der Waals surface area contributed by atoms with Gasteiger partial charge in [0.2, 0.25) is 0 Å². The third-order valence-electron chi connectivity index (χ3n) is 2.87. The van der Waals surface area contributed by atoms with E-state index in [0.717, 1.165) is 26.9 Å². The van der Waals surface area contributed by atoms with E-state index in [4.69, 9.17) is 9.72 Å². The summed E-state index contributed by atoms with van der Waals surface area (Å²) in [5, 5.41) is 10.4. The van der Waals surface area contributed by atoms with Crippen molar-refractivity contribution >= 4 is 11.3 Å². The summed E-state index contributed by atoms with van der Waals surface area (Å²) in [5.74, 6) is 0.815. The number of hydrogen-bond donors (Lipinski definition) is 1. The number of thiazole rings is 1. The van der Waals surface area contributed by atoms with Crippen molar-refractivity contribution in [2.45, 2.75) is 32.8 Å². The van der Waals surface area contributed by atoms with Crippen molar-refractivity contribution in [2.75, 3.05) is 7.11 Å². The monoisotopic (exact) mass is 277 g/mol. The highest BCUT2D eigenvalue weighted by Crippen LogP contribution is 2.35. The summed E-state index contributed by atoms with van der Waals surface area (Å²) in [6, 6.07) is 7.83. The minimum absolute atomic E-state index is 0.0360. The smallest absolute Gasteiger partial charge is 0.124 e. The van der Waals surface area contributed by atoms with E-state index in [-0.39, 0.29) is 12.0 Å². The number of nitrogens with zero attached hydrogens (tertiary/aromatic N) is 1. The van der Waals surface area contributed by atoms with E-state index in [1.807, 2.05) is 24.3 Å². The Morgan fingerprint density at radius 3 is 2.58 bits per heavy atom. The summed E-state index contributed by atoms with van der Waals surface area (Å²) in [7, 11) is 1.65. The highest BCUT2D eigenvalue weighted by atomic mass is 32.1. The summed E-state index contributed by atoms with van der Waals surface area (Å²) >= 11 is 1.54. The number of aliphatic hydroxyl groups is 1. The molecule has 1 heterocycles. The molecule has 0 aliphatic heterocycles. The molecule has 0 aliphatic carbocycles. The van der Waals surface area contributed by atoms with Crippen molar-refractivity contribution in [1.82, 2.24) is 4.98 Å². The molecule has 0 atom stereocenters. The fourth-order valence-corrected chi connectivity index (χ4v) is 3.05. The van der Waals surface area contributed by atoms with Gasteiger partial charge in [-0.25, -0.2) is 4.98 Å². The first-order valence-corrected chi connectivity index (χ1v) is 7.03. The highest BCUT2D eigenvalue weighted by Gasteiger charge is 2.23. The Bertz CT molecular complexity index is 570. The average Bonchev–Trinajstić information content (AvgIpc) is 2.83. The topological polar surface area (TPSA) is 42.4 Å². The molecule has 1 aromatic heterocycles. The zero-order chi connectivity index (χ0) is 14.0. The van der Waals surface area contributed by atoms with Crippen LogP contribution in [0.3, 0.4) is 0 Å². The molecule has 2 aromatic rings. The molecule has 0 saturated heterocycles. The van der Waals surface area contributed by atoms with Crippen molar-refractivity contribution in [3.8, 4) is 16.3 Å². The number of aliphatic hydroxyl groups excluding tert-OH is 1. The van der Waals surface area contributed by atoms with Crippen LogP contribution >= 0.6 is 11.3 Å². The minimum atomic E-state index is -0.0638. The van der Waals surface area contributed by atoms with E-state index in [1.54, 1.807) is 18.4 Å². The maximum atomic E-state index is 9.49. The Morgan fingerprint density at radius 2 is 2.05 bits per heavy atom. The van der Waals surface area contributed by atoms with Crippen LogP contribution < -0.4 is 4.74 Å². The molecular formula is C15H19NO2S. The van der Waals surface area contributed by atoms with Crippen LogP contribution in [0.5, 0.6) is 5.75 Å². The van der Waals surface area contributed by atoms with Crippen LogP contribution in [0.25, 0.3) is 10.6 Å². The molecule has 0 spiro atoms. The van der Waals surface area contributed by atoms with Gasteiger partial charge in [-0.15, -0.1) is 11.3 Å².